The zero-order valence-corrected chi connectivity index (χ0v) is 12.8. The lowest BCUT2D eigenvalue weighted by Gasteiger charge is -2.09. The number of aliphatic hydroxyl groups is 1. The topological polar surface area (TPSA) is 67.2 Å². The number of aryl methyl sites for hydroxylation is 2. The Bertz CT molecular complexity index is 652. The molecule has 0 saturated carbocycles. The van der Waals surface area contributed by atoms with E-state index in [2.05, 4.69) is 10.4 Å². The third kappa shape index (κ3) is 3.62. The second-order valence-corrected chi connectivity index (χ2v) is 5.22. The predicted molar refractivity (Wildman–Crippen MR) is 80.9 cm³/mol. The minimum absolute atomic E-state index is 0.0421. The zero-order valence-electron chi connectivity index (χ0n) is 12.1. The summed E-state index contributed by atoms with van der Waals surface area (Å²) in [7, 11) is 1.74. The molecule has 21 heavy (non-hydrogen) atoms. The molecule has 2 N–H and O–H groups in total. The number of halogens is 1. The Kier molecular flexibility index (Phi) is 4.98. The van der Waals surface area contributed by atoms with Crippen molar-refractivity contribution < 1.29 is 9.90 Å². The van der Waals surface area contributed by atoms with Crippen molar-refractivity contribution in [3.63, 3.8) is 0 Å². The number of nitrogens with zero attached hydrogens (tertiary/aromatic N) is 2. The van der Waals surface area contributed by atoms with Crippen molar-refractivity contribution in [1.29, 1.82) is 0 Å². The second-order valence-electron chi connectivity index (χ2n) is 4.86. The summed E-state index contributed by atoms with van der Waals surface area (Å²) in [6, 6.07) is 7.45. The number of carbonyl (C=O) groups is 1. The van der Waals surface area contributed by atoms with Gasteiger partial charge in [0.2, 0.25) is 5.91 Å². The lowest BCUT2D eigenvalue weighted by Crippen LogP contribution is -2.25. The Morgan fingerprint density at radius 1 is 1.38 bits per heavy atom. The largest absolute Gasteiger partial charge is 0.392 e. The molecule has 0 spiro atoms. The van der Waals surface area contributed by atoms with Crippen molar-refractivity contribution in [2.75, 3.05) is 0 Å². The summed E-state index contributed by atoms with van der Waals surface area (Å²) in [5, 5.41) is 16.8. The van der Waals surface area contributed by atoms with Crippen molar-refractivity contribution in [3.05, 3.63) is 51.8 Å². The quantitative estimate of drug-likeness (QED) is 0.884. The van der Waals surface area contributed by atoms with E-state index in [1.165, 1.54) is 0 Å². The van der Waals surface area contributed by atoms with Gasteiger partial charge in [0, 0.05) is 19.2 Å². The minimum Gasteiger partial charge on any atom is -0.392 e. The standard InChI is InChI=1S/C15H18ClN3O2/c1-10-13(15(16)19(2)18-10)7-14(21)17-8-11-5-3-4-6-12(11)9-20/h3-6,20H,7-9H2,1-2H3,(H,17,21). The van der Waals surface area contributed by atoms with Crippen LogP contribution in [0.25, 0.3) is 0 Å². The summed E-state index contributed by atoms with van der Waals surface area (Å²) < 4.78 is 1.56. The number of nitrogens with one attached hydrogen (secondary N) is 1. The highest BCUT2D eigenvalue weighted by molar-refractivity contribution is 6.30. The molecular formula is C15H18ClN3O2. The van der Waals surface area contributed by atoms with E-state index in [1.54, 1.807) is 11.7 Å². The summed E-state index contributed by atoms with van der Waals surface area (Å²) in [6.07, 6.45) is 0.194. The first-order valence-corrected chi connectivity index (χ1v) is 7.03. The molecule has 1 aromatic heterocycles. The normalized spacial score (nSPS) is 10.7. The molecule has 2 rings (SSSR count). The molecule has 6 heteroatoms. The molecule has 5 nitrogen and oxygen atoms in total. The van der Waals surface area contributed by atoms with Gasteiger partial charge in [-0.25, -0.2) is 0 Å². The number of benzene rings is 1. The predicted octanol–water partition coefficient (Wildman–Crippen LogP) is 1.73. The maximum Gasteiger partial charge on any atom is 0.224 e. The average Bonchev–Trinajstić information content (AvgIpc) is 2.72. The Morgan fingerprint density at radius 2 is 2.05 bits per heavy atom. The molecule has 1 aromatic carbocycles. The van der Waals surface area contributed by atoms with Crippen LogP contribution in [0.5, 0.6) is 0 Å². The van der Waals surface area contributed by atoms with Crippen LogP contribution in [0.4, 0.5) is 0 Å². The molecule has 0 fully saturated rings. The Hall–Kier alpha value is -1.85. The van der Waals surface area contributed by atoms with Crippen LogP contribution in [0.2, 0.25) is 5.15 Å². The number of hydrogen-bond donors (Lipinski definition) is 2. The van der Waals surface area contributed by atoms with Crippen LogP contribution in [0, 0.1) is 6.92 Å². The van der Waals surface area contributed by atoms with E-state index >= 15 is 0 Å². The van der Waals surface area contributed by atoms with Crippen LogP contribution in [-0.4, -0.2) is 20.8 Å². The number of hydrogen-bond acceptors (Lipinski definition) is 3. The van der Waals surface area contributed by atoms with Gasteiger partial charge in [-0.1, -0.05) is 35.9 Å². The maximum atomic E-state index is 12.0. The van der Waals surface area contributed by atoms with Gasteiger partial charge in [-0.2, -0.15) is 5.10 Å². The fourth-order valence-electron chi connectivity index (χ4n) is 2.18. The van der Waals surface area contributed by atoms with Crippen LogP contribution >= 0.6 is 11.6 Å². The summed E-state index contributed by atoms with van der Waals surface area (Å²) in [6.45, 7) is 2.17. The van der Waals surface area contributed by atoms with Gasteiger partial charge in [0.05, 0.1) is 18.7 Å². The lowest BCUT2D eigenvalue weighted by atomic mass is 10.1. The molecular weight excluding hydrogens is 290 g/mol. The third-order valence-electron chi connectivity index (χ3n) is 3.37. The number of aliphatic hydroxyl groups excluding tert-OH is 1. The number of amides is 1. The summed E-state index contributed by atoms with van der Waals surface area (Å²) in [4.78, 5) is 12.0. The Labute approximate surface area is 128 Å². The molecule has 0 aliphatic carbocycles. The molecule has 0 atom stereocenters. The van der Waals surface area contributed by atoms with Crippen LogP contribution in [0.15, 0.2) is 24.3 Å². The summed E-state index contributed by atoms with van der Waals surface area (Å²) in [5.41, 5.74) is 3.22. The maximum absolute atomic E-state index is 12.0. The van der Waals surface area contributed by atoms with E-state index < -0.39 is 0 Å². The van der Waals surface area contributed by atoms with Gasteiger partial charge in [0.25, 0.3) is 0 Å². The van der Waals surface area contributed by atoms with E-state index in [4.69, 9.17) is 11.6 Å². The average molecular weight is 308 g/mol. The van der Waals surface area contributed by atoms with Gasteiger partial charge < -0.3 is 10.4 Å². The molecule has 0 bridgehead atoms. The van der Waals surface area contributed by atoms with E-state index in [1.807, 2.05) is 31.2 Å². The van der Waals surface area contributed by atoms with Crippen molar-refractivity contribution in [2.45, 2.75) is 26.5 Å². The SMILES string of the molecule is Cc1nn(C)c(Cl)c1CC(=O)NCc1ccccc1CO. The van der Waals surface area contributed by atoms with Crippen LogP contribution in [0.1, 0.15) is 22.4 Å². The Balaban J connectivity index is 1.99. The second kappa shape index (κ2) is 6.74. The van der Waals surface area contributed by atoms with E-state index in [0.29, 0.717) is 11.7 Å². The van der Waals surface area contributed by atoms with E-state index in [0.717, 1.165) is 22.4 Å². The smallest absolute Gasteiger partial charge is 0.224 e. The highest BCUT2D eigenvalue weighted by Crippen LogP contribution is 2.19. The molecule has 0 aliphatic heterocycles. The van der Waals surface area contributed by atoms with Crippen molar-refractivity contribution in [2.24, 2.45) is 7.05 Å². The van der Waals surface area contributed by atoms with E-state index in [9.17, 15) is 9.90 Å². The fourth-order valence-corrected chi connectivity index (χ4v) is 2.42. The van der Waals surface area contributed by atoms with E-state index in [-0.39, 0.29) is 18.9 Å². The van der Waals surface area contributed by atoms with Crippen molar-refractivity contribution in [1.82, 2.24) is 15.1 Å². The monoisotopic (exact) mass is 307 g/mol. The zero-order chi connectivity index (χ0) is 15.4. The Morgan fingerprint density at radius 3 is 2.62 bits per heavy atom. The molecule has 0 unspecified atom stereocenters. The molecule has 1 heterocycles. The first kappa shape index (κ1) is 15.5. The first-order valence-electron chi connectivity index (χ1n) is 6.65. The minimum atomic E-state index is -0.124. The van der Waals surface area contributed by atoms with Crippen molar-refractivity contribution in [3.8, 4) is 0 Å². The molecule has 2 aromatic rings. The highest BCUT2D eigenvalue weighted by Gasteiger charge is 2.15. The third-order valence-corrected chi connectivity index (χ3v) is 3.84. The van der Waals surface area contributed by atoms with Gasteiger partial charge in [-0.3, -0.25) is 9.48 Å². The molecule has 1 amide bonds. The molecule has 0 saturated heterocycles. The summed E-state index contributed by atoms with van der Waals surface area (Å²) >= 11 is 6.11. The van der Waals surface area contributed by atoms with Crippen LogP contribution in [0.3, 0.4) is 0 Å². The van der Waals surface area contributed by atoms with Crippen molar-refractivity contribution >= 4 is 17.5 Å². The highest BCUT2D eigenvalue weighted by atomic mass is 35.5. The van der Waals surface area contributed by atoms with Crippen LogP contribution < -0.4 is 5.32 Å². The van der Waals surface area contributed by atoms with Gasteiger partial charge in [-0.15, -0.1) is 0 Å². The molecule has 0 radical (unpaired) electrons. The van der Waals surface area contributed by atoms with Gasteiger partial charge >= 0.3 is 0 Å². The van der Waals surface area contributed by atoms with Gasteiger partial charge in [-0.05, 0) is 18.1 Å². The lowest BCUT2D eigenvalue weighted by molar-refractivity contribution is -0.120. The fraction of sp³-hybridized carbons (Fsp3) is 0.333. The number of carbonyl (C=O) groups excluding carboxylic acids is 1. The number of rotatable bonds is 5. The van der Waals surface area contributed by atoms with Crippen LogP contribution in [-0.2, 0) is 31.4 Å². The summed E-state index contributed by atoms with van der Waals surface area (Å²) in [5.74, 6) is -0.124. The van der Waals surface area contributed by atoms with Gasteiger partial charge in [0.1, 0.15) is 5.15 Å². The van der Waals surface area contributed by atoms with Gasteiger partial charge in [0.15, 0.2) is 0 Å². The number of aromatic nitrogens is 2. The first-order chi connectivity index (χ1) is 10.0. The molecule has 112 valence electrons. The molecule has 0 aliphatic rings.